The number of hydrogen-bond acceptors (Lipinski definition) is 8. The van der Waals surface area contributed by atoms with Crippen molar-refractivity contribution in [1.29, 1.82) is 0 Å². The Morgan fingerprint density at radius 1 is 0.808 bits per heavy atom. The summed E-state index contributed by atoms with van der Waals surface area (Å²) in [6.45, 7) is 10.1. The zero-order chi connectivity index (χ0) is 21.0. The van der Waals surface area contributed by atoms with Gasteiger partial charge in [0.1, 0.15) is 24.3 Å². The van der Waals surface area contributed by atoms with Gasteiger partial charge in [-0.05, 0) is 41.5 Å². The molecule has 0 fully saturated rings. The predicted molar refractivity (Wildman–Crippen MR) is 92.8 cm³/mol. The van der Waals surface area contributed by atoms with Gasteiger partial charge in [0.05, 0.1) is 7.11 Å². The van der Waals surface area contributed by atoms with Crippen molar-refractivity contribution in [2.24, 2.45) is 5.84 Å². The van der Waals surface area contributed by atoms with Crippen LogP contribution < -0.4 is 21.9 Å². The number of amides is 3. The van der Waals surface area contributed by atoms with E-state index < -0.39 is 35.3 Å². The lowest BCUT2D eigenvalue weighted by Crippen LogP contribution is -2.41. The summed E-state index contributed by atoms with van der Waals surface area (Å²) in [5, 5.41) is 4.49. The highest BCUT2D eigenvalue weighted by Gasteiger charge is 2.17. The van der Waals surface area contributed by atoms with Crippen LogP contribution in [0.25, 0.3) is 0 Å². The molecule has 0 unspecified atom stereocenters. The quantitative estimate of drug-likeness (QED) is 0.177. The molecule has 0 aromatic rings. The molecule has 0 aliphatic heterocycles. The van der Waals surface area contributed by atoms with Gasteiger partial charge in [-0.15, -0.1) is 0 Å². The number of nitrogens with two attached hydrogens (primary N) is 1. The molecular formula is C15H30N4O7. The van der Waals surface area contributed by atoms with E-state index in [1.165, 1.54) is 7.11 Å². The van der Waals surface area contributed by atoms with Crippen LogP contribution >= 0.6 is 0 Å². The average Bonchev–Trinajstić information content (AvgIpc) is 2.47. The Labute approximate surface area is 153 Å². The number of ether oxygens (including phenoxy) is 3. The number of carbonyl (C=O) groups is 4. The SMILES string of the molecule is CC(C)(C)OC(=O)NCC(=O)NN.COC(=O)CNC(=O)OC(C)(C)C. The van der Waals surface area contributed by atoms with Crippen molar-refractivity contribution in [2.45, 2.75) is 52.7 Å². The number of methoxy groups -OCH3 is 1. The van der Waals surface area contributed by atoms with Crippen LogP contribution in [0.15, 0.2) is 0 Å². The topological polar surface area (TPSA) is 158 Å². The smallest absolute Gasteiger partial charge is 0.408 e. The summed E-state index contributed by atoms with van der Waals surface area (Å²) in [7, 11) is 1.25. The van der Waals surface area contributed by atoms with Gasteiger partial charge in [0.2, 0.25) is 0 Å². The molecule has 0 aromatic carbocycles. The molecule has 0 radical (unpaired) electrons. The fourth-order valence-electron chi connectivity index (χ4n) is 1.05. The van der Waals surface area contributed by atoms with E-state index in [1.54, 1.807) is 41.5 Å². The first-order chi connectivity index (χ1) is 11.7. The predicted octanol–water partition coefficient (Wildman–Crippen LogP) is 0.185. The highest BCUT2D eigenvalue weighted by atomic mass is 16.6. The third kappa shape index (κ3) is 19.5. The van der Waals surface area contributed by atoms with Gasteiger partial charge in [-0.2, -0.15) is 0 Å². The minimum atomic E-state index is -0.642. The lowest BCUT2D eigenvalue weighted by Gasteiger charge is -2.19. The summed E-state index contributed by atoms with van der Waals surface area (Å²) < 4.78 is 14.1. The summed E-state index contributed by atoms with van der Waals surface area (Å²) in [5.74, 6) is 3.80. The molecule has 26 heavy (non-hydrogen) atoms. The van der Waals surface area contributed by atoms with E-state index in [0.717, 1.165) is 0 Å². The Morgan fingerprint density at radius 2 is 1.19 bits per heavy atom. The van der Waals surface area contributed by atoms with Crippen LogP contribution in [0.4, 0.5) is 9.59 Å². The highest BCUT2D eigenvalue weighted by Crippen LogP contribution is 2.06. The van der Waals surface area contributed by atoms with Gasteiger partial charge in [0.15, 0.2) is 0 Å². The number of hydrogen-bond donors (Lipinski definition) is 4. The van der Waals surface area contributed by atoms with Crippen LogP contribution in [0.5, 0.6) is 0 Å². The summed E-state index contributed by atoms with van der Waals surface area (Å²) >= 11 is 0. The zero-order valence-corrected chi connectivity index (χ0v) is 16.3. The van der Waals surface area contributed by atoms with E-state index in [9.17, 15) is 19.2 Å². The lowest BCUT2D eigenvalue weighted by molar-refractivity contribution is -0.139. The van der Waals surface area contributed by atoms with E-state index in [4.69, 9.17) is 15.3 Å². The van der Waals surface area contributed by atoms with Crippen molar-refractivity contribution >= 4 is 24.1 Å². The van der Waals surface area contributed by atoms with Crippen molar-refractivity contribution in [3.05, 3.63) is 0 Å². The Hall–Kier alpha value is -2.56. The summed E-state index contributed by atoms with van der Waals surface area (Å²) in [6.07, 6.45) is -1.27. The normalized spacial score (nSPS) is 10.5. The molecular weight excluding hydrogens is 348 g/mol. The maximum atomic E-state index is 10.9. The maximum Gasteiger partial charge on any atom is 0.408 e. The fourth-order valence-corrected chi connectivity index (χ4v) is 1.05. The summed E-state index contributed by atoms with van der Waals surface area (Å²) in [4.78, 5) is 43.0. The molecule has 0 spiro atoms. The second-order valence-corrected chi connectivity index (χ2v) is 6.85. The van der Waals surface area contributed by atoms with Crippen LogP contribution in [-0.2, 0) is 23.8 Å². The van der Waals surface area contributed by atoms with Crippen LogP contribution in [0.3, 0.4) is 0 Å². The van der Waals surface area contributed by atoms with Crippen molar-refractivity contribution < 1.29 is 33.4 Å². The molecule has 152 valence electrons. The van der Waals surface area contributed by atoms with Gasteiger partial charge >= 0.3 is 18.2 Å². The first-order valence-electron chi connectivity index (χ1n) is 7.70. The fraction of sp³-hybridized carbons (Fsp3) is 0.733. The standard InChI is InChI=1S/C8H15NO4.C7H15N3O3/c1-8(2,3)13-7(11)9-5-6(10)12-4;1-7(2,3)13-6(12)9-4-5(11)10-8/h5H2,1-4H3,(H,9,11);4,8H2,1-3H3,(H,9,12)(H,10,11). The van der Waals surface area contributed by atoms with Gasteiger partial charge in [-0.25, -0.2) is 15.4 Å². The Balaban J connectivity index is 0. The van der Waals surface area contributed by atoms with E-state index >= 15 is 0 Å². The third-order valence-electron chi connectivity index (χ3n) is 1.96. The molecule has 0 aromatic heterocycles. The maximum absolute atomic E-state index is 10.9. The van der Waals surface area contributed by atoms with Gasteiger partial charge in [0.25, 0.3) is 5.91 Å². The van der Waals surface area contributed by atoms with Crippen LogP contribution in [0.2, 0.25) is 0 Å². The number of alkyl carbamates (subject to hydrolysis) is 2. The van der Waals surface area contributed by atoms with Crippen LogP contribution in [0, 0.1) is 0 Å². The van der Waals surface area contributed by atoms with E-state index in [-0.39, 0.29) is 13.1 Å². The second-order valence-electron chi connectivity index (χ2n) is 6.85. The minimum absolute atomic E-state index is 0.175. The summed E-state index contributed by atoms with van der Waals surface area (Å²) in [5.41, 5.74) is 0.752. The van der Waals surface area contributed by atoms with E-state index in [0.29, 0.717) is 0 Å². The second kappa shape index (κ2) is 11.9. The lowest BCUT2D eigenvalue weighted by atomic mass is 10.2. The first kappa shape index (κ1) is 25.7. The largest absolute Gasteiger partial charge is 0.468 e. The highest BCUT2D eigenvalue weighted by molar-refractivity contribution is 5.81. The number of carbonyl (C=O) groups excluding carboxylic acids is 4. The Morgan fingerprint density at radius 3 is 1.50 bits per heavy atom. The molecule has 0 heterocycles. The molecule has 0 aliphatic rings. The van der Waals surface area contributed by atoms with Gasteiger partial charge in [-0.1, -0.05) is 0 Å². The van der Waals surface area contributed by atoms with Gasteiger partial charge in [0, 0.05) is 0 Å². The molecule has 0 saturated carbocycles. The molecule has 0 aliphatic carbocycles. The number of rotatable bonds is 4. The average molecular weight is 378 g/mol. The monoisotopic (exact) mass is 378 g/mol. The number of hydrazine groups is 1. The molecule has 0 atom stereocenters. The van der Waals surface area contributed by atoms with Gasteiger partial charge in [-0.3, -0.25) is 15.0 Å². The molecule has 0 saturated heterocycles. The van der Waals surface area contributed by atoms with Crippen LogP contribution in [-0.4, -0.2) is 55.5 Å². The van der Waals surface area contributed by atoms with E-state index in [1.807, 2.05) is 5.43 Å². The molecule has 0 rings (SSSR count). The van der Waals surface area contributed by atoms with Crippen LogP contribution in [0.1, 0.15) is 41.5 Å². The van der Waals surface area contributed by atoms with Crippen molar-refractivity contribution in [3.63, 3.8) is 0 Å². The molecule has 0 bridgehead atoms. The summed E-state index contributed by atoms with van der Waals surface area (Å²) in [6, 6.07) is 0. The minimum Gasteiger partial charge on any atom is -0.468 e. The molecule has 3 amide bonds. The van der Waals surface area contributed by atoms with Crippen molar-refractivity contribution in [3.8, 4) is 0 Å². The molecule has 11 nitrogen and oxygen atoms in total. The van der Waals surface area contributed by atoms with E-state index in [2.05, 4.69) is 15.4 Å². The molecule has 5 N–H and O–H groups in total. The first-order valence-corrected chi connectivity index (χ1v) is 7.70. The number of nitrogens with one attached hydrogen (secondary N) is 3. The van der Waals surface area contributed by atoms with Gasteiger partial charge < -0.3 is 24.8 Å². The Kier molecular flexibility index (Phi) is 11.8. The molecule has 11 heteroatoms. The number of esters is 1. The third-order valence-corrected chi connectivity index (χ3v) is 1.96. The van der Waals surface area contributed by atoms with Crippen molar-refractivity contribution in [1.82, 2.24) is 16.1 Å². The van der Waals surface area contributed by atoms with Crippen molar-refractivity contribution in [2.75, 3.05) is 20.2 Å². The Bertz CT molecular complexity index is 437. The zero-order valence-electron chi connectivity index (χ0n) is 16.3.